The smallest absolute Gasteiger partial charge is 0.0553 e. The standard InChI is InChI=1S/C17H14S/c1-14-8-6-7-11-17(14)18-15(2)12-13-16-9-4-3-5-10-16/h3-11H,2H2,1H3. The molecule has 0 bridgehead atoms. The van der Waals surface area contributed by atoms with Gasteiger partial charge >= 0.3 is 0 Å². The van der Waals surface area contributed by atoms with Crippen LogP contribution in [0.5, 0.6) is 0 Å². The second-order valence-corrected chi connectivity index (χ2v) is 5.04. The molecule has 88 valence electrons. The Morgan fingerprint density at radius 3 is 2.39 bits per heavy atom. The van der Waals surface area contributed by atoms with Gasteiger partial charge in [-0.25, -0.2) is 0 Å². The zero-order chi connectivity index (χ0) is 12.8. The average molecular weight is 250 g/mol. The van der Waals surface area contributed by atoms with Gasteiger partial charge in [-0.05, 0) is 30.7 Å². The maximum absolute atomic E-state index is 4.00. The fourth-order valence-corrected chi connectivity index (χ4v) is 2.24. The van der Waals surface area contributed by atoms with E-state index in [2.05, 4.69) is 37.5 Å². The average Bonchev–Trinajstić information content (AvgIpc) is 2.40. The second kappa shape index (κ2) is 6.14. The van der Waals surface area contributed by atoms with Crippen molar-refractivity contribution in [2.24, 2.45) is 0 Å². The highest BCUT2D eigenvalue weighted by atomic mass is 32.2. The zero-order valence-electron chi connectivity index (χ0n) is 10.3. The molecule has 0 fully saturated rings. The first-order valence-corrected chi connectivity index (χ1v) is 6.57. The molecule has 18 heavy (non-hydrogen) atoms. The molecule has 1 heteroatoms. The molecular formula is C17H14S. The summed E-state index contributed by atoms with van der Waals surface area (Å²) in [6, 6.07) is 18.2. The molecule has 2 aromatic carbocycles. The number of thioether (sulfide) groups is 1. The van der Waals surface area contributed by atoms with Crippen molar-refractivity contribution in [1.29, 1.82) is 0 Å². The van der Waals surface area contributed by atoms with Crippen LogP contribution in [0.1, 0.15) is 11.1 Å². The number of benzene rings is 2. The fraction of sp³-hybridized carbons (Fsp3) is 0.0588. The summed E-state index contributed by atoms with van der Waals surface area (Å²) in [6.07, 6.45) is 0. The van der Waals surface area contributed by atoms with Crippen LogP contribution >= 0.6 is 11.8 Å². The van der Waals surface area contributed by atoms with Crippen LogP contribution in [0.4, 0.5) is 0 Å². The molecule has 0 spiro atoms. The summed E-state index contributed by atoms with van der Waals surface area (Å²) in [5.74, 6) is 6.21. The van der Waals surface area contributed by atoms with Gasteiger partial charge in [0, 0.05) is 10.5 Å². The number of aryl methyl sites for hydroxylation is 1. The molecule has 2 rings (SSSR count). The monoisotopic (exact) mass is 250 g/mol. The highest BCUT2D eigenvalue weighted by molar-refractivity contribution is 8.03. The Morgan fingerprint density at radius 2 is 1.67 bits per heavy atom. The molecule has 0 saturated heterocycles. The molecule has 0 heterocycles. The van der Waals surface area contributed by atoms with Gasteiger partial charge in [0.05, 0.1) is 4.91 Å². The lowest BCUT2D eigenvalue weighted by Gasteiger charge is -2.02. The zero-order valence-corrected chi connectivity index (χ0v) is 11.1. The van der Waals surface area contributed by atoms with Crippen molar-refractivity contribution >= 4 is 11.8 Å². The highest BCUT2D eigenvalue weighted by Gasteiger charge is 1.98. The van der Waals surface area contributed by atoms with Gasteiger partial charge in [-0.2, -0.15) is 0 Å². The van der Waals surface area contributed by atoms with Gasteiger partial charge < -0.3 is 0 Å². The molecular weight excluding hydrogens is 236 g/mol. The van der Waals surface area contributed by atoms with Gasteiger partial charge in [0.15, 0.2) is 0 Å². The van der Waals surface area contributed by atoms with Crippen LogP contribution in [-0.2, 0) is 0 Å². The summed E-state index contributed by atoms with van der Waals surface area (Å²) in [6.45, 7) is 6.09. The Hall–Kier alpha value is -1.91. The van der Waals surface area contributed by atoms with Crippen LogP contribution in [0.25, 0.3) is 0 Å². The summed E-state index contributed by atoms with van der Waals surface area (Å²) in [4.78, 5) is 2.08. The Kier molecular flexibility index (Phi) is 4.28. The number of allylic oxidation sites excluding steroid dienone is 1. The first-order chi connectivity index (χ1) is 8.75. The summed E-state index contributed by atoms with van der Waals surface area (Å²) >= 11 is 1.62. The predicted octanol–water partition coefficient (Wildman–Crippen LogP) is 4.65. The highest BCUT2D eigenvalue weighted by Crippen LogP contribution is 2.27. The molecule has 0 radical (unpaired) electrons. The van der Waals surface area contributed by atoms with Crippen LogP contribution in [0, 0.1) is 18.8 Å². The van der Waals surface area contributed by atoms with Crippen molar-refractivity contribution < 1.29 is 0 Å². The molecule has 2 aromatic rings. The summed E-state index contributed by atoms with van der Waals surface area (Å²) in [7, 11) is 0. The van der Waals surface area contributed by atoms with E-state index in [1.54, 1.807) is 11.8 Å². The van der Waals surface area contributed by atoms with Crippen molar-refractivity contribution in [1.82, 2.24) is 0 Å². The van der Waals surface area contributed by atoms with Gasteiger partial charge in [0.2, 0.25) is 0 Å². The third-order valence-electron chi connectivity index (χ3n) is 2.45. The molecule has 0 atom stereocenters. The fourth-order valence-electron chi connectivity index (χ4n) is 1.49. The molecule has 0 unspecified atom stereocenters. The summed E-state index contributed by atoms with van der Waals surface area (Å²) in [5.41, 5.74) is 2.27. The molecule has 0 aliphatic heterocycles. The summed E-state index contributed by atoms with van der Waals surface area (Å²) < 4.78 is 0. The quantitative estimate of drug-likeness (QED) is 0.552. The minimum Gasteiger partial charge on any atom is -0.0812 e. The molecule has 0 aromatic heterocycles. The predicted molar refractivity (Wildman–Crippen MR) is 79.5 cm³/mol. The van der Waals surface area contributed by atoms with Crippen LogP contribution in [0.3, 0.4) is 0 Å². The molecule has 0 amide bonds. The van der Waals surface area contributed by atoms with E-state index < -0.39 is 0 Å². The van der Waals surface area contributed by atoms with Gasteiger partial charge in [-0.15, -0.1) is 0 Å². The first-order valence-electron chi connectivity index (χ1n) is 5.75. The third kappa shape index (κ3) is 3.55. The minimum absolute atomic E-state index is 0.869. The van der Waals surface area contributed by atoms with E-state index in [1.807, 2.05) is 42.5 Å². The van der Waals surface area contributed by atoms with E-state index in [1.165, 1.54) is 10.5 Å². The molecule has 0 aliphatic carbocycles. The largest absolute Gasteiger partial charge is 0.0812 e. The van der Waals surface area contributed by atoms with Gasteiger partial charge in [0.1, 0.15) is 0 Å². The minimum atomic E-state index is 0.869. The van der Waals surface area contributed by atoms with E-state index >= 15 is 0 Å². The van der Waals surface area contributed by atoms with Gasteiger partial charge in [-0.3, -0.25) is 0 Å². The lowest BCUT2D eigenvalue weighted by molar-refractivity contribution is 1.31. The normalized spacial score (nSPS) is 9.39. The van der Waals surface area contributed by atoms with Crippen LogP contribution in [-0.4, -0.2) is 0 Å². The molecule has 0 nitrogen and oxygen atoms in total. The lowest BCUT2D eigenvalue weighted by Crippen LogP contribution is -1.78. The Bertz CT molecular complexity index is 600. The van der Waals surface area contributed by atoms with Crippen molar-refractivity contribution in [2.75, 3.05) is 0 Å². The van der Waals surface area contributed by atoms with E-state index in [0.29, 0.717) is 0 Å². The van der Waals surface area contributed by atoms with Crippen molar-refractivity contribution in [3.8, 4) is 11.8 Å². The number of rotatable bonds is 2. The van der Waals surface area contributed by atoms with E-state index in [0.717, 1.165) is 10.5 Å². The van der Waals surface area contributed by atoms with Gasteiger partial charge in [-0.1, -0.05) is 66.6 Å². The summed E-state index contributed by atoms with van der Waals surface area (Å²) in [5, 5.41) is 0. The Labute approximate surface area is 113 Å². The van der Waals surface area contributed by atoms with Crippen LogP contribution in [0.2, 0.25) is 0 Å². The number of hydrogen-bond donors (Lipinski definition) is 0. The Morgan fingerprint density at radius 1 is 1.00 bits per heavy atom. The topological polar surface area (TPSA) is 0 Å². The second-order valence-electron chi connectivity index (χ2n) is 3.91. The Balaban J connectivity index is 2.07. The lowest BCUT2D eigenvalue weighted by atomic mass is 10.2. The molecule has 0 N–H and O–H groups in total. The maximum atomic E-state index is 4.00. The van der Waals surface area contributed by atoms with Crippen molar-refractivity contribution in [3.63, 3.8) is 0 Å². The first kappa shape index (κ1) is 12.5. The molecule has 0 saturated carbocycles. The van der Waals surface area contributed by atoms with Crippen molar-refractivity contribution in [3.05, 3.63) is 77.2 Å². The van der Waals surface area contributed by atoms with Crippen LogP contribution < -0.4 is 0 Å². The third-order valence-corrected chi connectivity index (χ3v) is 3.47. The number of hydrogen-bond acceptors (Lipinski definition) is 1. The maximum Gasteiger partial charge on any atom is 0.0553 e. The van der Waals surface area contributed by atoms with Crippen molar-refractivity contribution in [2.45, 2.75) is 11.8 Å². The molecule has 0 aliphatic rings. The van der Waals surface area contributed by atoms with Crippen LogP contribution in [0.15, 0.2) is 71.0 Å². The SMILES string of the molecule is C=C(C#Cc1ccccc1)Sc1ccccc1C. The van der Waals surface area contributed by atoms with Gasteiger partial charge in [0.25, 0.3) is 0 Å². The van der Waals surface area contributed by atoms with E-state index in [9.17, 15) is 0 Å². The van der Waals surface area contributed by atoms with E-state index in [-0.39, 0.29) is 0 Å². The van der Waals surface area contributed by atoms with E-state index in [4.69, 9.17) is 0 Å².